The first kappa shape index (κ1) is 29.9. The molecule has 1 amide bonds. The topological polar surface area (TPSA) is 102 Å². The highest BCUT2D eigenvalue weighted by molar-refractivity contribution is 7.89. The molecule has 10 nitrogen and oxygen atoms in total. The first-order chi connectivity index (χ1) is 19.7. The number of sulfonamides is 1. The molecular weight excluding hydrogens is 564 g/mol. The van der Waals surface area contributed by atoms with Crippen LogP contribution in [0.15, 0.2) is 47.4 Å². The lowest BCUT2D eigenvalue weighted by Crippen LogP contribution is -2.48. The Morgan fingerprint density at radius 3 is 2.49 bits per heavy atom. The second-order valence-electron chi connectivity index (χ2n) is 10.4. The van der Waals surface area contributed by atoms with Crippen molar-refractivity contribution in [1.82, 2.24) is 14.2 Å². The maximum Gasteiger partial charge on any atom is 0.260 e. The van der Waals surface area contributed by atoms with E-state index in [1.54, 1.807) is 17.0 Å². The van der Waals surface area contributed by atoms with Gasteiger partial charge in [0.2, 0.25) is 10.0 Å². The van der Waals surface area contributed by atoms with Gasteiger partial charge in [0.25, 0.3) is 5.91 Å². The van der Waals surface area contributed by atoms with Gasteiger partial charge in [-0.3, -0.25) is 14.6 Å². The highest BCUT2D eigenvalue weighted by Crippen LogP contribution is 2.33. The van der Waals surface area contributed by atoms with Crippen molar-refractivity contribution >= 4 is 42.6 Å². The summed E-state index contributed by atoms with van der Waals surface area (Å²) in [6.45, 7) is 11.4. The predicted molar refractivity (Wildman–Crippen MR) is 160 cm³/mol. The zero-order valence-corrected chi connectivity index (χ0v) is 25.5. The molecule has 12 heteroatoms. The molecule has 2 aromatic carbocycles. The Morgan fingerprint density at radius 1 is 1.10 bits per heavy atom. The summed E-state index contributed by atoms with van der Waals surface area (Å²) < 4.78 is 45.8. The number of carbonyl (C=O) groups excluding carboxylic acids is 1. The van der Waals surface area contributed by atoms with Crippen LogP contribution >= 0.6 is 11.3 Å². The molecule has 1 aromatic heterocycles. The van der Waals surface area contributed by atoms with Crippen molar-refractivity contribution in [3.05, 3.63) is 48.0 Å². The Morgan fingerprint density at radius 2 is 1.80 bits per heavy atom. The van der Waals surface area contributed by atoms with E-state index in [1.807, 2.05) is 39.0 Å². The molecule has 2 unspecified atom stereocenters. The highest BCUT2D eigenvalue weighted by atomic mass is 32.2. The summed E-state index contributed by atoms with van der Waals surface area (Å²) in [7, 11) is -3.71. The van der Waals surface area contributed by atoms with Crippen molar-refractivity contribution < 1.29 is 27.4 Å². The van der Waals surface area contributed by atoms with Crippen LogP contribution in [0, 0.1) is 0 Å². The standard InChI is InChI=1S/C29H38N4O6S2/c1-4-38-24-8-11-26-27(18-24)40-29(30-26)33(13-5-12-31-14-16-37-17-15-31)28(34)23-6-9-25(10-7-23)41(35,36)32-19-21(2)39-22(3)20-32/h6-11,18,21-22H,4-5,12-17,19-20H2,1-3H3. The molecule has 5 rings (SSSR count). The lowest BCUT2D eigenvalue weighted by atomic mass is 10.2. The van der Waals surface area contributed by atoms with Crippen molar-refractivity contribution in [1.29, 1.82) is 0 Å². The van der Waals surface area contributed by atoms with Gasteiger partial charge in [-0.25, -0.2) is 13.4 Å². The van der Waals surface area contributed by atoms with Crippen LogP contribution in [0.3, 0.4) is 0 Å². The Bertz CT molecular complexity index is 1430. The zero-order chi connectivity index (χ0) is 29.0. The van der Waals surface area contributed by atoms with Gasteiger partial charge in [0.05, 0.1) is 47.1 Å². The van der Waals surface area contributed by atoms with Gasteiger partial charge < -0.3 is 14.2 Å². The molecule has 3 heterocycles. The molecule has 0 saturated carbocycles. The third kappa shape index (κ3) is 7.07. The van der Waals surface area contributed by atoms with Gasteiger partial charge in [-0.2, -0.15) is 4.31 Å². The summed E-state index contributed by atoms with van der Waals surface area (Å²) in [5.41, 5.74) is 1.21. The van der Waals surface area contributed by atoms with E-state index in [-0.39, 0.29) is 23.0 Å². The molecule has 2 fully saturated rings. The monoisotopic (exact) mass is 602 g/mol. The Balaban J connectivity index is 1.37. The third-order valence-corrected chi connectivity index (χ3v) is 10.1. The Kier molecular flexibility index (Phi) is 9.57. The van der Waals surface area contributed by atoms with E-state index in [2.05, 4.69) is 4.90 Å². The number of fused-ring (bicyclic) bond motifs is 1. The van der Waals surface area contributed by atoms with Crippen LogP contribution in [-0.2, 0) is 19.5 Å². The normalized spacial score (nSPS) is 20.8. The first-order valence-corrected chi connectivity index (χ1v) is 16.4. The van der Waals surface area contributed by atoms with Gasteiger partial charge in [0.15, 0.2) is 5.13 Å². The summed E-state index contributed by atoms with van der Waals surface area (Å²) in [6, 6.07) is 12.0. The Hall–Kier alpha value is -2.61. The molecule has 0 N–H and O–H groups in total. The fourth-order valence-corrected chi connectivity index (χ4v) is 7.84. The number of morpholine rings is 2. The van der Waals surface area contributed by atoms with E-state index in [4.69, 9.17) is 19.2 Å². The fourth-order valence-electron chi connectivity index (χ4n) is 5.23. The van der Waals surface area contributed by atoms with Gasteiger partial charge >= 0.3 is 0 Å². The van der Waals surface area contributed by atoms with Crippen molar-refractivity contribution in [2.24, 2.45) is 0 Å². The minimum atomic E-state index is -3.71. The molecule has 2 aliphatic rings. The zero-order valence-electron chi connectivity index (χ0n) is 23.8. The quantitative estimate of drug-likeness (QED) is 0.345. The van der Waals surface area contributed by atoms with E-state index < -0.39 is 10.0 Å². The maximum atomic E-state index is 13.9. The number of aromatic nitrogens is 1. The molecule has 2 saturated heterocycles. The number of benzene rings is 2. The second-order valence-corrected chi connectivity index (χ2v) is 13.4. The van der Waals surface area contributed by atoms with Gasteiger partial charge in [-0.1, -0.05) is 11.3 Å². The SMILES string of the molecule is CCOc1ccc2nc(N(CCCN3CCOCC3)C(=O)c3ccc(S(=O)(=O)N4CC(C)OC(C)C4)cc3)sc2c1. The number of carbonyl (C=O) groups is 1. The molecule has 222 valence electrons. The minimum Gasteiger partial charge on any atom is -0.494 e. The molecule has 41 heavy (non-hydrogen) atoms. The van der Waals surface area contributed by atoms with Crippen LogP contribution in [0.5, 0.6) is 5.75 Å². The molecule has 0 aliphatic carbocycles. The maximum absolute atomic E-state index is 13.9. The number of hydrogen-bond acceptors (Lipinski definition) is 9. The number of hydrogen-bond donors (Lipinski definition) is 0. The summed E-state index contributed by atoms with van der Waals surface area (Å²) in [6.07, 6.45) is 0.406. The molecule has 3 aromatic rings. The average Bonchev–Trinajstić information content (AvgIpc) is 3.38. The Labute approximate surface area is 245 Å². The van der Waals surface area contributed by atoms with Crippen molar-refractivity contribution in [3.8, 4) is 5.75 Å². The number of amides is 1. The first-order valence-electron chi connectivity index (χ1n) is 14.2. The van der Waals surface area contributed by atoms with Gasteiger partial charge in [-0.15, -0.1) is 0 Å². The largest absolute Gasteiger partial charge is 0.494 e. The van der Waals surface area contributed by atoms with Crippen LogP contribution < -0.4 is 9.64 Å². The molecule has 0 bridgehead atoms. The van der Waals surface area contributed by atoms with Gasteiger partial charge in [0, 0.05) is 44.8 Å². The molecular formula is C29H38N4O6S2. The summed E-state index contributed by atoms with van der Waals surface area (Å²) in [4.78, 5) is 22.9. The van der Waals surface area contributed by atoms with Crippen LogP contribution in [0.4, 0.5) is 5.13 Å². The number of ether oxygens (including phenoxy) is 3. The van der Waals surface area contributed by atoms with Gasteiger partial charge in [0.1, 0.15) is 5.75 Å². The third-order valence-electron chi connectivity index (χ3n) is 7.22. The van der Waals surface area contributed by atoms with Crippen molar-refractivity contribution in [3.63, 3.8) is 0 Å². The minimum absolute atomic E-state index is 0.164. The molecule has 2 aliphatic heterocycles. The van der Waals surface area contributed by atoms with Crippen LogP contribution in [-0.4, -0.2) is 99.8 Å². The fraction of sp³-hybridized carbons (Fsp3) is 0.517. The van der Waals surface area contributed by atoms with E-state index in [1.165, 1.54) is 27.8 Å². The predicted octanol–water partition coefficient (Wildman–Crippen LogP) is 3.86. The smallest absolute Gasteiger partial charge is 0.260 e. The van der Waals surface area contributed by atoms with E-state index in [9.17, 15) is 13.2 Å². The van der Waals surface area contributed by atoms with Crippen LogP contribution in [0.25, 0.3) is 10.2 Å². The summed E-state index contributed by atoms with van der Waals surface area (Å²) in [5.74, 6) is 0.551. The number of nitrogens with zero attached hydrogens (tertiary/aromatic N) is 4. The summed E-state index contributed by atoms with van der Waals surface area (Å²) >= 11 is 1.45. The van der Waals surface area contributed by atoms with Crippen molar-refractivity contribution in [2.75, 3.05) is 64.0 Å². The molecule has 0 spiro atoms. The van der Waals surface area contributed by atoms with Gasteiger partial charge in [-0.05, 0) is 69.7 Å². The second kappa shape index (κ2) is 13.1. The number of rotatable bonds is 10. The molecule has 2 atom stereocenters. The van der Waals surface area contributed by atoms with E-state index >= 15 is 0 Å². The molecule has 0 radical (unpaired) electrons. The lowest BCUT2D eigenvalue weighted by molar-refractivity contribution is -0.0440. The highest BCUT2D eigenvalue weighted by Gasteiger charge is 2.32. The lowest BCUT2D eigenvalue weighted by Gasteiger charge is -2.34. The number of thiazole rings is 1. The van der Waals surface area contributed by atoms with Crippen molar-refractivity contribution in [2.45, 2.75) is 44.3 Å². The van der Waals surface area contributed by atoms with Crippen LogP contribution in [0.1, 0.15) is 37.6 Å². The number of anilines is 1. The van der Waals surface area contributed by atoms with E-state index in [0.717, 1.165) is 55.2 Å². The van der Waals surface area contributed by atoms with E-state index in [0.29, 0.717) is 36.9 Å². The van der Waals surface area contributed by atoms with Crippen LogP contribution in [0.2, 0.25) is 0 Å². The summed E-state index contributed by atoms with van der Waals surface area (Å²) in [5, 5.41) is 0.605. The average molecular weight is 603 g/mol.